The fraction of sp³-hybridized carbons (Fsp3) is 0.333. The van der Waals surface area contributed by atoms with Crippen molar-refractivity contribution in [2.75, 3.05) is 0 Å². The Labute approximate surface area is 366 Å². The van der Waals surface area contributed by atoms with Crippen LogP contribution in [0.3, 0.4) is 0 Å². The zero-order chi connectivity index (χ0) is 43.5. The normalized spacial score (nSPS) is 16.8. The zero-order valence-electron chi connectivity index (χ0n) is 38.0. The molecule has 310 valence electrons. The van der Waals surface area contributed by atoms with Gasteiger partial charge in [0.15, 0.2) is 0 Å². The number of fused-ring (bicyclic) bond motifs is 2. The first-order valence-electron chi connectivity index (χ1n) is 21.5. The summed E-state index contributed by atoms with van der Waals surface area (Å²) in [7, 11) is 18.1. The summed E-state index contributed by atoms with van der Waals surface area (Å²) < 4.78 is 12.8. The second-order valence-electron chi connectivity index (χ2n) is 20.1. The third-order valence-electron chi connectivity index (χ3n) is 13.6. The maximum absolute atomic E-state index is 9.04. The molecule has 2 atom stereocenters. The summed E-state index contributed by atoms with van der Waals surface area (Å²) in [5.74, 6) is 3.43. The fourth-order valence-electron chi connectivity index (χ4n) is 10.1. The van der Waals surface area contributed by atoms with Crippen LogP contribution in [0.2, 0.25) is 13.1 Å². The third kappa shape index (κ3) is 6.92. The SMILES string of the molecule is Cc1ccc(C2=Cc3c(ccc(C)c3-c3ccc(C(C)(C)C)cc3C)[CH]2[Zr]([Cl])([Cl])([CH]2C(c3ccc(C)o3)=Cc3c2ccc(C)c3-c2ccc(C(C)(C)C)cc2C)=[Si](C)C)o1. The van der Waals surface area contributed by atoms with Crippen molar-refractivity contribution >= 4 is 45.8 Å². The van der Waals surface area contributed by atoms with Gasteiger partial charge in [-0.05, 0) is 0 Å². The van der Waals surface area contributed by atoms with Gasteiger partial charge < -0.3 is 0 Å². The van der Waals surface area contributed by atoms with Crippen molar-refractivity contribution in [2.24, 2.45) is 0 Å². The Morgan fingerprint density at radius 1 is 0.500 bits per heavy atom. The predicted molar refractivity (Wildman–Crippen MR) is 257 cm³/mol. The minimum absolute atomic E-state index is 0.0486. The van der Waals surface area contributed by atoms with Crippen LogP contribution in [-0.2, 0) is 25.8 Å². The van der Waals surface area contributed by atoms with E-state index in [2.05, 4.69) is 179 Å². The van der Waals surface area contributed by atoms with Crippen molar-refractivity contribution in [3.63, 3.8) is 0 Å². The first kappa shape index (κ1) is 43.3. The van der Waals surface area contributed by atoms with E-state index in [1.807, 2.05) is 13.8 Å². The molecule has 2 nitrogen and oxygen atoms in total. The molecule has 2 aromatic heterocycles. The van der Waals surface area contributed by atoms with Gasteiger partial charge in [-0.15, -0.1) is 0 Å². The zero-order valence-corrected chi connectivity index (χ0v) is 42.9. The Kier molecular flexibility index (Phi) is 10.7. The van der Waals surface area contributed by atoms with Gasteiger partial charge in [0.2, 0.25) is 0 Å². The van der Waals surface area contributed by atoms with Gasteiger partial charge in [-0.1, -0.05) is 0 Å². The second kappa shape index (κ2) is 14.9. The number of aryl methyl sites for hydroxylation is 6. The van der Waals surface area contributed by atoms with Crippen LogP contribution in [0.4, 0.5) is 0 Å². The van der Waals surface area contributed by atoms with Gasteiger partial charge in [-0.2, -0.15) is 0 Å². The molecule has 0 amide bonds. The van der Waals surface area contributed by atoms with Crippen LogP contribution in [0.5, 0.6) is 0 Å². The first-order chi connectivity index (χ1) is 28.0. The molecular weight excluding hydrogens is 871 g/mol. The maximum atomic E-state index is 9.04. The Morgan fingerprint density at radius 2 is 0.883 bits per heavy atom. The average Bonchev–Trinajstić information content (AvgIpc) is 3.96. The van der Waals surface area contributed by atoms with E-state index >= 15 is 0 Å². The number of hydrogen-bond donors (Lipinski definition) is 0. The van der Waals surface area contributed by atoms with Crippen LogP contribution >= 0.6 is 17.0 Å². The third-order valence-corrected chi connectivity index (χ3v) is 59.9. The summed E-state index contributed by atoms with van der Waals surface area (Å²) in [6.45, 7) is 31.4. The van der Waals surface area contributed by atoms with Gasteiger partial charge in [-0.3, -0.25) is 0 Å². The van der Waals surface area contributed by atoms with Crippen LogP contribution < -0.4 is 0 Å². The Bertz CT molecular complexity index is 2700. The summed E-state index contributed by atoms with van der Waals surface area (Å²) in [5.41, 5.74) is 18.3. The molecule has 60 heavy (non-hydrogen) atoms. The van der Waals surface area contributed by atoms with Crippen LogP contribution in [0, 0.1) is 41.5 Å². The summed E-state index contributed by atoms with van der Waals surface area (Å²) in [6, 6.07) is 31.6. The molecule has 2 aliphatic rings. The number of halogens is 2. The van der Waals surface area contributed by atoms with E-state index < -0.39 is 20.4 Å². The first-order valence-corrected chi connectivity index (χ1v) is 36.8. The number of hydrogen-bond acceptors (Lipinski definition) is 2. The summed E-state index contributed by atoms with van der Waals surface area (Å²) >= 11 is -5.43. The molecule has 2 heterocycles. The van der Waals surface area contributed by atoms with Crippen molar-refractivity contribution in [3.05, 3.63) is 164 Å². The van der Waals surface area contributed by atoms with Crippen LogP contribution in [0.15, 0.2) is 93.8 Å². The van der Waals surface area contributed by atoms with Crippen molar-refractivity contribution in [1.29, 1.82) is 0 Å². The average molecular weight is 931 g/mol. The van der Waals surface area contributed by atoms with E-state index in [0.717, 1.165) is 34.2 Å². The molecule has 0 radical (unpaired) electrons. The molecule has 6 aromatic rings. The molecule has 6 heteroatoms. The predicted octanol–water partition coefficient (Wildman–Crippen LogP) is 16.8. The molecule has 4 aromatic carbocycles. The van der Waals surface area contributed by atoms with Crippen molar-refractivity contribution in [2.45, 2.75) is 114 Å². The van der Waals surface area contributed by atoms with E-state index in [1.165, 1.54) is 77.9 Å². The molecule has 0 aliphatic heterocycles. The molecule has 2 aliphatic carbocycles. The quantitative estimate of drug-likeness (QED) is 0.156. The van der Waals surface area contributed by atoms with Gasteiger partial charge in [0.1, 0.15) is 0 Å². The van der Waals surface area contributed by atoms with Crippen LogP contribution in [-0.4, -0.2) is 5.43 Å². The molecule has 0 saturated carbocycles. The fourth-order valence-corrected chi connectivity index (χ4v) is 37.8. The molecule has 0 saturated heterocycles. The minimum atomic E-state index is -5.43. The van der Waals surface area contributed by atoms with Crippen LogP contribution in [0.25, 0.3) is 45.6 Å². The molecular formula is C54H60Cl2O2SiZr. The van der Waals surface area contributed by atoms with Gasteiger partial charge >= 0.3 is 370 Å². The Hall–Kier alpha value is -3.40. The number of furan rings is 2. The number of benzene rings is 4. The van der Waals surface area contributed by atoms with Crippen LogP contribution in [0.1, 0.15) is 127 Å². The summed E-state index contributed by atoms with van der Waals surface area (Å²) in [4.78, 5) is 0. The van der Waals surface area contributed by atoms with Gasteiger partial charge in [0.25, 0.3) is 0 Å². The Morgan fingerprint density at radius 3 is 1.18 bits per heavy atom. The molecule has 0 N–H and O–H groups in total. The van der Waals surface area contributed by atoms with Gasteiger partial charge in [0, 0.05) is 0 Å². The van der Waals surface area contributed by atoms with Gasteiger partial charge in [-0.25, -0.2) is 0 Å². The van der Waals surface area contributed by atoms with E-state index in [0.29, 0.717) is 0 Å². The summed E-state index contributed by atoms with van der Waals surface area (Å²) in [5, 5.41) is 0. The molecule has 0 spiro atoms. The topological polar surface area (TPSA) is 26.3 Å². The molecule has 0 fully saturated rings. The van der Waals surface area contributed by atoms with E-state index in [4.69, 9.17) is 25.9 Å². The summed E-state index contributed by atoms with van der Waals surface area (Å²) in [6.07, 6.45) is 4.77. The number of rotatable bonds is 6. The van der Waals surface area contributed by atoms with Gasteiger partial charge in [0.05, 0.1) is 0 Å². The Balaban J connectivity index is 1.44. The molecule has 8 rings (SSSR count). The van der Waals surface area contributed by atoms with Crippen molar-refractivity contribution < 1.29 is 23.8 Å². The number of allylic oxidation sites excluding steroid dienone is 2. The van der Waals surface area contributed by atoms with Crippen molar-refractivity contribution in [1.82, 2.24) is 0 Å². The standard InChI is InChI=1S/2C26H27O.C2H6Si.2ClH.Zr/c2*1-16-7-9-19-14-20(24-12-8-18(3)27-24)15-23(19)25(16)22-11-10-21(13-17(22)2)26(4,5)6;1-3-2;;;/h2*7-15H,1-6H3;1-2H3;2*1H;/q;;;;;+2/p-2. The second-order valence-corrected chi connectivity index (χ2v) is 58.9. The van der Waals surface area contributed by atoms with E-state index in [1.54, 1.807) is 0 Å². The van der Waals surface area contributed by atoms with E-state index in [-0.39, 0.29) is 18.1 Å². The monoisotopic (exact) mass is 928 g/mol. The van der Waals surface area contributed by atoms with E-state index in [9.17, 15) is 0 Å². The van der Waals surface area contributed by atoms with Crippen molar-refractivity contribution in [3.8, 4) is 22.3 Å². The molecule has 2 unspecified atom stereocenters. The molecule has 0 bridgehead atoms.